The molecule has 156 valence electrons. The Kier molecular flexibility index (Phi) is 8.35. The standard InChI is InChI=1S/C19H39NO5S/c1-14(17(2,3)4)25-15(13-24-16(21)18(5,6)7)12-20(19(8,9)10)26(11,22)23/h14-15H,12-13H2,1-11H3/t14-,15-/m0/s1. The summed E-state index contributed by atoms with van der Waals surface area (Å²) < 4.78 is 37.4. The molecule has 6 nitrogen and oxygen atoms in total. The van der Waals surface area contributed by atoms with E-state index in [4.69, 9.17) is 9.47 Å². The first-order valence-electron chi connectivity index (χ1n) is 9.06. The van der Waals surface area contributed by atoms with Gasteiger partial charge in [0.05, 0.1) is 17.8 Å². The van der Waals surface area contributed by atoms with Crippen LogP contribution in [0.1, 0.15) is 69.2 Å². The van der Waals surface area contributed by atoms with E-state index in [-0.39, 0.29) is 30.6 Å². The van der Waals surface area contributed by atoms with Gasteiger partial charge in [0, 0.05) is 12.1 Å². The highest BCUT2D eigenvalue weighted by Gasteiger charge is 2.35. The minimum Gasteiger partial charge on any atom is -0.462 e. The lowest BCUT2D eigenvalue weighted by atomic mass is 9.90. The second-order valence-electron chi connectivity index (χ2n) is 10.1. The molecule has 0 aromatic carbocycles. The van der Waals surface area contributed by atoms with Gasteiger partial charge >= 0.3 is 5.97 Å². The highest BCUT2D eigenvalue weighted by molar-refractivity contribution is 7.88. The summed E-state index contributed by atoms with van der Waals surface area (Å²) in [6, 6.07) is 0. The minimum absolute atomic E-state index is 0.0125. The molecule has 0 saturated heterocycles. The van der Waals surface area contributed by atoms with Gasteiger partial charge in [-0.2, -0.15) is 4.31 Å². The topological polar surface area (TPSA) is 72.9 Å². The third-order valence-electron chi connectivity index (χ3n) is 4.15. The van der Waals surface area contributed by atoms with Crippen LogP contribution in [0.25, 0.3) is 0 Å². The molecule has 7 heteroatoms. The van der Waals surface area contributed by atoms with E-state index in [0.717, 1.165) is 0 Å². The molecule has 0 fully saturated rings. The van der Waals surface area contributed by atoms with Gasteiger partial charge in [-0.05, 0) is 53.9 Å². The van der Waals surface area contributed by atoms with Crippen LogP contribution in [0, 0.1) is 10.8 Å². The predicted octanol–water partition coefficient (Wildman–Crippen LogP) is 3.46. The summed E-state index contributed by atoms with van der Waals surface area (Å²) in [6.45, 7) is 19.1. The van der Waals surface area contributed by atoms with Gasteiger partial charge in [0.25, 0.3) is 0 Å². The fourth-order valence-corrected chi connectivity index (χ4v) is 3.54. The van der Waals surface area contributed by atoms with E-state index in [1.165, 1.54) is 10.6 Å². The minimum atomic E-state index is -3.44. The molecule has 0 saturated carbocycles. The van der Waals surface area contributed by atoms with Gasteiger partial charge in [-0.25, -0.2) is 8.42 Å². The molecule has 0 spiro atoms. The van der Waals surface area contributed by atoms with E-state index < -0.39 is 27.1 Å². The number of hydrogen-bond acceptors (Lipinski definition) is 5. The summed E-state index contributed by atoms with van der Waals surface area (Å²) in [5.41, 5.74) is -1.35. The first-order valence-corrected chi connectivity index (χ1v) is 10.9. The van der Waals surface area contributed by atoms with Crippen LogP contribution < -0.4 is 0 Å². The van der Waals surface area contributed by atoms with Crippen molar-refractivity contribution in [3.63, 3.8) is 0 Å². The Morgan fingerprint density at radius 2 is 1.46 bits per heavy atom. The van der Waals surface area contributed by atoms with Crippen molar-refractivity contribution in [3.05, 3.63) is 0 Å². The van der Waals surface area contributed by atoms with Crippen molar-refractivity contribution >= 4 is 16.0 Å². The summed E-state index contributed by atoms with van der Waals surface area (Å²) in [5, 5.41) is 0. The van der Waals surface area contributed by atoms with Crippen LogP contribution in [0.5, 0.6) is 0 Å². The molecule has 0 radical (unpaired) electrons. The van der Waals surface area contributed by atoms with Crippen molar-refractivity contribution in [2.24, 2.45) is 10.8 Å². The van der Waals surface area contributed by atoms with Gasteiger partial charge in [0.15, 0.2) is 0 Å². The lowest BCUT2D eigenvalue weighted by molar-refractivity contribution is -0.161. The second kappa shape index (κ2) is 8.57. The molecule has 0 aliphatic heterocycles. The van der Waals surface area contributed by atoms with E-state index in [2.05, 4.69) is 0 Å². The lowest BCUT2D eigenvalue weighted by Crippen LogP contribution is -2.51. The van der Waals surface area contributed by atoms with Gasteiger partial charge in [-0.1, -0.05) is 20.8 Å². The molecule has 0 aromatic heterocycles. The molecule has 0 bridgehead atoms. The Balaban J connectivity index is 5.46. The summed E-state index contributed by atoms with van der Waals surface area (Å²) >= 11 is 0. The maximum Gasteiger partial charge on any atom is 0.311 e. The number of nitrogens with zero attached hydrogens (tertiary/aromatic N) is 1. The van der Waals surface area contributed by atoms with Crippen molar-refractivity contribution in [2.45, 2.75) is 87.0 Å². The Hall–Kier alpha value is -0.660. The van der Waals surface area contributed by atoms with Gasteiger partial charge < -0.3 is 9.47 Å². The van der Waals surface area contributed by atoms with Gasteiger partial charge in [0.2, 0.25) is 10.0 Å². The van der Waals surface area contributed by atoms with Crippen LogP contribution in [0.4, 0.5) is 0 Å². The molecule has 0 aliphatic carbocycles. The normalized spacial score (nSPS) is 16.5. The summed E-state index contributed by atoms with van der Waals surface area (Å²) in [7, 11) is -3.44. The van der Waals surface area contributed by atoms with Crippen LogP contribution in [0.2, 0.25) is 0 Å². The number of hydrogen-bond donors (Lipinski definition) is 0. The predicted molar refractivity (Wildman–Crippen MR) is 106 cm³/mol. The van der Waals surface area contributed by atoms with Crippen molar-refractivity contribution in [2.75, 3.05) is 19.4 Å². The third-order valence-corrected chi connectivity index (χ3v) is 5.64. The van der Waals surface area contributed by atoms with Gasteiger partial charge in [-0.3, -0.25) is 4.79 Å². The fourth-order valence-electron chi connectivity index (χ4n) is 2.10. The SMILES string of the molecule is C[C@H](O[C@H](COC(=O)C(C)(C)C)CN(C(C)(C)C)S(C)(=O)=O)C(C)(C)C. The average Bonchev–Trinajstić information content (AvgIpc) is 2.35. The number of esters is 1. The Bertz CT molecular complexity index is 564. The number of carbonyl (C=O) groups is 1. The van der Waals surface area contributed by atoms with Gasteiger partial charge in [-0.15, -0.1) is 0 Å². The Morgan fingerprint density at radius 1 is 1.00 bits per heavy atom. The zero-order valence-corrected chi connectivity index (χ0v) is 19.3. The zero-order chi connectivity index (χ0) is 21.1. The lowest BCUT2D eigenvalue weighted by Gasteiger charge is -2.38. The van der Waals surface area contributed by atoms with Crippen molar-refractivity contribution in [3.8, 4) is 0 Å². The summed E-state index contributed by atoms with van der Waals surface area (Å²) in [5.74, 6) is -0.337. The molecule has 0 aliphatic rings. The van der Waals surface area contributed by atoms with E-state index in [1.54, 1.807) is 20.8 Å². The first kappa shape index (κ1) is 25.3. The summed E-state index contributed by atoms with van der Waals surface area (Å²) in [6.07, 6.45) is 0.496. The monoisotopic (exact) mass is 393 g/mol. The number of rotatable bonds is 7. The summed E-state index contributed by atoms with van der Waals surface area (Å²) in [4.78, 5) is 12.1. The molecule has 26 heavy (non-hydrogen) atoms. The molecule has 0 aromatic rings. The highest BCUT2D eigenvalue weighted by Crippen LogP contribution is 2.25. The quantitative estimate of drug-likeness (QED) is 0.619. The van der Waals surface area contributed by atoms with E-state index >= 15 is 0 Å². The third kappa shape index (κ3) is 8.82. The largest absolute Gasteiger partial charge is 0.462 e. The van der Waals surface area contributed by atoms with Crippen LogP contribution in [-0.2, 0) is 24.3 Å². The second-order valence-corrected chi connectivity index (χ2v) is 12.0. The van der Waals surface area contributed by atoms with Crippen LogP contribution in [-0.4, -0.2) is 55.8 Å². The van der Waals surface area contributed by atoms with Crippen LogP contribution in [0.3, 0.4) is 0 Å². The van der Waals surface area contributed by atoms with Crippen LogP contribution in [0.15, 0.2) is 0 Å². The van der Waals surface area contributed by atoms with Crippen molar-refractivity contribution < 1.29 is 22.7 Å². The maximum absolute atomic E-state index is 12.3. The Morgan fingerprint density at radius 3 is 1.77 bits per heavy atom. The Labute approximate surface area is 160 Å². The molecule has 2 atom stereocenters. The van der Waals surface area contributed by atoms with Crippen molar-refractivity contribution in [1.29, 1.82) is 0 Å². The molecular weight excluding hydrogens is 354 g/mol. The number of carbonyl (C=O) groups excluding carboxylic acids is 1. The van der Waals surface area contributed by atoms with E-state index in [0.29, 0.717) is 0 Å². The fraction of sp³-hybridized carbons (Fsp3) is 0.947. The average molecular weight is 394 g/mol. The van der Waals surface area contributed by atoms with E-state index in [1.807, 2.05) is 48.5 Å². The molecular formula is C19H39NO5S. The van der Waals surface area contributed by atoms with Crippen LogP contribution >= 0.6 is 0 Å². The maximum atomic E-state index is 12.3. The first-order chi connectivity index (χ1) is 11.3. The molecule has 0 amide bonds. The van der Waals surface area contributed by atoms with Crippen molar-refractivity contribution in [1.82, 2.24) is 4.31 Å². The highest BCUT2D eigenvalue weighted by atomic mass is 32.2. The molecule has 0 unspecified atom stereocenters. The molecule has 0 rings (SSSR count). The zero-order valence-electron chi connectivity index (χ0n) is 18.5. The van der Waals surface area contributed by atoms with Gasteiger partial charge in [0.1, 0.15) is 12.7 Å². The number of sulfonamides is 1. The molecule has 0 heterocycles. The smallest absolute Gasteiger partial charge is 0.311 e. The molecule has 0 N–H and O–H groups in total. The number of ether oxygens (including phenoxy) is 2. The van der Waals surface area contributed by atoms with E-state index in [9.17, 15) is 13.2 Å².